The van der Waals surface area contributed by atoms with Gasteiger partial charge in [-0.25, -0.2) is 4.79 Å². The number of amides is 2. The summed E-state index contributed by atoms with van der Waals surface area (Å²) in [6, 6.07) is 19.8. The van der Waals surface area contributed by atoms with Gasteiger partial charge in [0.15, 0.2) is 0 Å². The van der Waals surface area contributed by atoms with E-state index < -0.39 is 17.8 Å². The Kier molecular flexibility index (Phi) is 7.18. The summed E-state index contributed by atoms with van der Waals surface area (Å²) in [6.07, 6.45) is 2.07. The third-order valence-corrected chi connectivity index (χ3v) is 6.12. The lowest BCUT2D eigenvalue weighted by Gasteiger charge is -2.23. The highest BCUT2D eigenvalue weighted by molar-refractivity contribution is 6.33. The van der Waals surface area contributed by atoms with Crippen molar-refractivity contribution in [2.75, 3.05) is 13.7 Å². The lowest BCUT2D eigenvalue weighted by molar-refractivity contribution is -0.138. The van der Waals surface area contributed by atoms with E-state index in [1.807, 2.05) is 36.4 Å². The Labute approximate surface area is 212 Å². The number of carbonyl (C=O) groups excluding carboxylic acids is 3. The summed E-state index contributed by atoms with van der Waals surface area (Å²) in [5.74, 6) is -0.929. The summed E-state index contributed by atoms with van der Waals surface area (Å²) >= 11 is 6.25. The molecule has 0 atom stereocenters. The molecule has 7 nitrogen and oxygen atoms in total. The van der Waals surface area contributed by atoms with E-state index in [-0.39, 0.29) is 33.9 Å². The second-order valence-corrected chi connectivity index (χ2v) is 8.51. The van der Waals surface area contributed by atoms with Gasteiger partial charge in [0.05, 0.1) is 17.2 Å². The number of rotatable bonds is 6. The number of imide groups is 1. The van der Waals surface area contributed by atoms with Gasteiger partial charge in [0, 0.05) is 24.6 Å². The summed E-state index contributed by atoms with van der Waals surface area (Å²) in [5.41, 5.74) is 2.23. The summed E-state index contributed by atoms with van der Waals surface area (Å²) in [4.78, 5) is 38.3. The van der Waals surface area contributed by atoms with Crippen molar-refractivity contribution in [3.05, 3.63) is 99.3 Å². The maximum absolute atomic E-state index is 12.6. The van der Waals surface area contributed by atoms with Crippen LogP contribution in [-0.4, -0.2) is 36.3 Å². The van der Waals surface area contributed by atoms with Gasteiger partial charge >= 0.3 is 5.97 Å². The maximum atomic E-state index is 12.6. The van der Waals surface area contributed by atoms with Crippen LogP contribution in [0.2, 0.25) is 5.02 Å². The molecule has 180 valence electrons. The fourth-order valence-electron chi connectivity index (χ4n) is 3.74. The minimum atomic E-state index is -0.637. The first-order valence-corrected chi connectivity index (χ1v) is 11.4. The number of esters is 1. The SMILES string of the molecule is CC1=C(C#N)C(=O)N(C)C(=O)/C1=C/c1ccc(-c2ccc(Cl)c(C(=O)OCCc3ccccc3)c2)o1. The molecule has 0 fully saturated rings. The largest absolute Gasteiger partial charge is 0.462 e. The lowest BCUT2D eigenvalue weighted by Crippen LogP contribution is -2.39. The van der Waals surface area contributed by atoms with Crippen molar-refractivity contribution in [1.82, 2.24) is 4.90 Å². The van der Waals surface area contributed by atoms with Crippen LogP contribution in [0.5, 0.6) is 0 Å². The van der Waals surface area contributed by atoms with E-state index in [4.69, 9.17) is 20.8 Å². The molecule has 1 aromatic heterocycles. The third-order valence-electron chi connectivity index (χ3n) is 5.80. The number of hydrogen-bond donors (Lipinski definition) is 0. The van der Waals surface area contributed by atoms with E-state index >= 15 is 0 Å². The average molecular weight is 501 g/mol. The number of likely N-dealkylation sites (N-methyl/N-ethyl adjacent to an activating group) is 1. The van der Waals surface area contributed by atoms with Gasteiger partial charge in [0.25, 0.3) is 11.8 Å². The van der Waals surface area contributed by atoms with Crippen LogP contribution >= 0.6 is 11.6 Å². The van der Waals surface area contributed by atoms with E-state index in [1.165, 1.54) is 13.1 Å². The fourth-order valence-corrected chi connectivity index (χ4v) is 3.94. The van der Waals surface area contributed by atoms with Crippen LogP contribution in [0.4, 0.5) is 0 Å². The van der Waals surface area contributed by atoms with Crippen molar-refractivity contribution in [1.29, 1.82) is 5.26 Å². The van der Waals surface area contributed by atoms with Crippen molar-refractivity contribution in [2.45, 2.75) is 13.3 Å². The zero-order chi connectivity index (χ0) is 25.8. The van der Waals surface area contributed by atoms with Gasteiger partial charge in [0.2, 0.25) is 0 Å². The van der Waals surface area contributed by atoms with Crippen molar-refractivity contribution in [3.8, 4) is 17.4 Å². The predicted octanol–water partition coefficient (Wildman–Crippen LogP) is 5.22. The van der Waals surface area contributed by atoms with Gasteiger partial charge in [-0.2, -0.15) is 5.26 Å². The van der Waals surface area contributed by atoms with Gasteiger partial charge in [-0.15, -0.1) is 0 Å². The number of nitriles is 1. The molecule has 0 saturated heterocycles. The minimum absolute atomic E-state index is 0.0942. The highest BCUT2D eigenvalue weighted by atomic mass is 35.5. The van der Waals surface area contributed by atoms with E-state index in [0.29, 0.717) is 23.5 Å². The monoisotopic (exact) mass is 500 g/mol. The number of carbonyl (C=O) groups is 3. The summed E-state index contributed by atoms with van der Waals surface area (Å²) in [7, 11) is 1.32. The first-order chi connectivity index (χ1) is 17.3. The molecule has 2 heterocycles. The van der Waals surface area contributed by atoms with E-state index in [2.05, 4.69) is 0 Å². The first kappa shape index (κ1) is 24.7. The lowest BCUT2D eigenvalue weighted by atomic mass is 9.95. The van der Waals surface area contributed by atoms with Crippen molar-refractivity contribution in [3.63, 3.8) is 0 Å². The first-order valence-electron chi connectivity index (χ1n) is 11.1. The average Bonchev–Trinajstić information content (AvgIpc) is 3.35. The summed E-state index contributed by atoms with van der Waals surface area (Å²) in [5, 5.41) is 9.56. The Morgan fingerprint density at radius 1 is 1.11 bits per heavy atom. The molecule has 0 saturated carbocycles. The van der Waals surface area contributed by atoms with Gasteiger partial charge in [-0.1, -0.05) is 41.9 Å². The molecule has 0 aliphatic carbocycles. The molecule has 36 heavy (non-hydrogen) atoms. The minimum Gasteiger partial charge on any atom is -0.462 e. The van der Waals surface area contributed by atoms with Crippen molar-refractivity contribution < 1.29 is 23.5 Å². The number of hydrogen-bond acceptors (Lipinski definition) is 6. The molecule has 8 heteroatoms. The number of furan rings is 1. The van der Waals surface area contributed by atoms with Crippen LogP contribution < -0.4 is 0 Å². The number of halogens is 1. The molecular weight excluding hydrogens is 480 g/mol. The summed E-state index contributed by atoms with van der Waals surface area (Å²) < 4.78 is 11.3. The van der Waals surface area contributed by atoms with E-state index in [0.717, 1.165) is 10.5 Å². The highest BCUT2D eigenvalue weighted by Gasteiger charge is 2.33. The van der Waals surface area contributed by atoms with Crippen LogP contribution in [0.1, 0.15) is 28.6 Å². The topological polar surface area (TPSA) is 101 Å². The zero-order valence-corrected chi connectivity index (χ0v) is 20.3. The van der Waals surface area contributed by atoms with Crippen molar-refractivity contribution in [2.24, 2.45) is 0 Å². The highest BCUT2D eigenvalue weighted by Crippen LogP contribution is 2.30. The fraction of sp³-hybridized carbons (Fsp3) is 0.143. The van der Waals surface area contributed by atoms with E-state index in [9.17, 15) is 19.6 Å². The molecule has 2 aromatic carbocycles. The Morgan fingerprint density at radius 2 is 1.86 bits per heavy atom. The van der Waals surface area contributed by atoms with Gasteiger partial charge < -0.3 is 9.15 Å². The van der Waals surface area contributed by atoms with Crippen LogP contribution in [0, 0.1) is 11.3 Å². The maximum Gasteiger partial charge on any atom is 0.339 e. The second kappa shape index (κ2) is 10.5. The molecule has 0 N–H and O–H groups in total. The van der Waals surface area contributed by atoms with E-state index in [1.54, 1.807) is 37.3 Å². The Bertz CT molecular complexity index is 1460. The molecule has 0 spiro atoms. The summed E-state index contributed by atoms with van der Waals surface area (Å²) in [6.45, 7) is 1.76. The number of nitrogens with zero attached hydrogens (tertiary/aromatic N) is 2. The molecule has 3 aromatic rings. The quantitative estimate of drug-likeness (QED) is 0.261. The standard InChI is InChI=1S/C28H21ClN2O5/c1-17-21(26(32)31(2)27(33)23(17)16-30)15-20-9-11-25(36-20)19-8-10-24(29)22(14-19)28(34)35-13-12-18-6-4-3-5-7-18/h3-11,14-15H,12-13H2,1-2H3/b21-15+. The normalized spacial score (nSPS) is 14.8. The smallest absolute Gasteiger partial charge is 0.339 e. The molecule has 0 bridgehead atoms. The Morgan fingerprint density at radius 3 is 2.58 bits per heavy atom. The number of benzene rings is 2. The molecule has 2 amide bonds. The van der Waals surface area contributed by atoms with Crippen LogP contribution in [0.25, 0.3) is 17.4 Å². The molecule has 4 rings (SSSR count). The van der Waals surface area contributed by atoms with Gasteiger partial charge in [-0.05, 0) is 54.5 Å². The Balaban J connectivity index is 1.55. The van der Waals surface area contributed by atoms with Crippen LogP contribution in [0.15, 0.2) is 81.8 Å². The predicted molar refractivity (Wildman–Crippen MR) is 134 cm³/mol. The molecule has 0 unspecified atom stereocenters. The van der Waals surface area contributed by atoms with Crippen LogP contribution in [0.3, 0.4) is 0 Å². The van der Waals surface area contributed by atoms with Crippen molar-refractivity contribution >= 4 is 35.5 Å². The third kappa shape index (κ3) is 4.99. The van der Waals surface area contributed by atoms with Crippen LogP contribution in [-0.2, 0) is 20.7 Å². The molecular formula is C28H21ClN2O5. The second-order valence-electron chi connectivity index (χ2n) is 8.11. The van der Waals surface area contributed by atoms with Gasteiger partial charge in [0.1, 0.15) is 23.2 Å². The van der Waals surface area contributed by atoms with Gasteiger partial charge in [-0.3, -0.25) is 14.5 Å². The molecule has 0 radical (unpaired) electrons. The zero-order valence-electron chi connectivity index (χ0n) is 19.6. The molecule has 1 aliphatic heterocycles. The molecule has 1 aliphatic rings. The number of ether oxygens (including phenoxy) is 1. The Hall–Kier alpha value is -4.41.